The van der Waals surface area contributed by atoms with Gasteiger partial charge in [0.1, 0.15) is 5.75 Å². The minimum absolute atomic E-state index is 0.0555. The fourth-order valence-corrected chi connectivity index (χ4v) is 2.54. The zero-order chi connectivity index (χ0) is 17.5. The molecule has 0 aliphatic rings. The first-order chi connectivity index (χ1) is 11.5. The number of ether oxygens (including phenoxy) is 1. The van der Waals surface area contributed by atoms with E-state index in [2.05, 4.69) is 30.5 Å². The lowest BCUT2D eigenvalue weighted by Crippen LogP contribution is -2.23. The molecule has 24 heavy (non-hydrogen) atoms. The summed E-state index contributed by atoms with van der Waals surface area (Å²) in [6, 6.07) is 13.7. The van der Waals surface area contributed by atoms with E-state index in [1.54, 1.807) is 0 Å². The van der Waals surface area contributed by atoms with Gasteiger partial charge in [0.25, 0.3) is 0 Å². The molecule has 0 aromatic heterocycles. The Hall–Kier alpha value is -2.49. The number of amides is 1. The van der Waals surface area contributed by atoms with Gasteiger partial charge in [0.2, 0.25) is 5.91 Å². The van der Waals surface area contributed by atoms with E-state index in [1.807, 2.05) is 50.2 Å². The zero-order valence-corrected chi connectivity index (χ0v) is 14.8. The molecule has 4 heteroatoms. The van der Waals surface area contributed by atoms with Crippen molar-refractivity contribution in [2.45, 2.75) is 33.6 Å². The van der Waals surface area contributed by atoms with E-state index in [4.69, 9.17) is 4.74 Å². The Morgan fingerprint density at radius 1 is 1.12 bits per heavy atom. The lowest BCUT2D eigenvalue weighted by atomic mass is 9.98. The van der Waals surface area contributed by atoms with Crippen molar-refractivity contribution in [2.75, 3.05) is 23.8 Å². The number of rotatable bonds is 7. The van der Waals surface area contributed by atoms with Gasteiger partial charge >= 0.3 is 0 Å². The van der Waals surface area contributed by atoms with Crippen molar-refractivity contribution in [3.63, 3.8) is 0 Å². The molecule has 4 nitrogen and oxygen atoms in total. The normalized spacial score (nSPS) is 10.5. The van der Waals surface area contributed by atoms with Gasteiger partial charge in [0.15, 0.2) is 0 Å². The summed E-state index contributed by atoms with van der Waals surface area (Å²) in [6.07, 6.45) is 0. The Balaban J connectivity index is 1.96. The van der Waals surface area contributed by atoms with E-state index in [1.165, 1.54) is 0 Å². The number of benzene rings is 2. The van der Waals surface area contributed by atoms with E-state index in [0.29, 0.717) is 12.5 Å². The minimum atomic E-state index is -0.0555. The number of carbonyl (C=O) groups excluding carboxylic acids is 1. The quantitative estimate of drug-likeness (QED) is 0.784. The van der Waals surface area contributed by atoms with Crippen LogP contribution in [-0.4, -0.2) is 19.1 Å². The summed E-state index contributed by atoms with van der Waals surface area (Å²) in [5.41, 5.74) is 4.05. The average Bonchev–Trinajstić information content (AvgIpc) is 2.56. The summed E-state index contributed by atoms with van der Waals surface area (Å²) in [4.78, 5) is 12.3. The molecule has 0 unspecified atom stereocenters. The van der Waals surface area contributed by atoms with Gasteiger partial charge < -0.3 is 15.4 Å². The van der Waals surface area contributed by atoms with Gasteiger partial charge in [-0.25, -0.2) is 0 Å². The zero-order valence-electron chi connectivity index (χ0n) is 14.8. The highest BCUT2D eigenvalue weighted by atomic mass is 16.5. The molecule has 2 aromatic carbocycles. The van der Waals surface area contributed by atoms with Gasteiger partial charge in [-0.3, -0.25) is 4.79 Å². The van der Waals surface area contributed by atoms with Crippen LogP contribution in [0.2, 0.25) is 0 Å². The van der Waals surface area contributed by atoms with Crippen molar-refractivity contribution >= 4 is 17.3 Å². The van der Waals surface area contributed by atoms with Gasteiger partial charge in [0.05, 0.1) is 13.2 Å². The number of nitrogens with one attached hydrogen (secondary N) is 2. The van der Waals surface area contributed by atoms with Crippen molar-refractivity contribution in [1.29, 1.82) is 0 Å². The monoisotopic (exact) mass is 326 g/mol. The van der Waals surface area contributed by atoms with Crippen molar-refractivity contribution in [2.24, 2.45) is 0 Å². The van der Waals surface area contributed by atoms with Crippen LogP contribution in [0.3, 0.4) is 0 Å². The van der Waals surface area contributed by atoms with Crippen molar-refractivity contribution in [1.82, 2.24) is 0 Å². The first-order valence-electron chi connectivity index (χ1n) is 8.37. The molecule has 0 fully saturated rings. The van der Waals surface area contributed by atoms with E-state index < -0.39 is 0 Å². The lowest BCUT2D eigenvalue weighted by molar-refractivity contribution is -0.114. The molecule has 2 N–H and O–H groups in total. The molecule has 0 heterocycles. The molecule has 0 saturated heterocycles. The van der Waals surface area contributed by atoms with Crippen LogP contribution >= 0.6 is 0 Å². The molecule has 0 bridgehead atoms. The second kappa shape index (κ2) is 8.39. The molecule has 0 radical (unpaired) electrons. The summed E-state index contributed by atoms with van der Waals surface area (Å²) in [5.74, 6) is 1.13. The van der Waals surface area contributed by atoms with Gasteiger partial charge in [-0.2, -0.15) is 0 Å². The largest absolute Gasteiger partial charge is 0.494 e. The molecule has 0 atom stereocenters. The molecule has 2 rings (SSSR count). The molecule has 0 saturated carbocycles. The van der Waals surface area contributed by atoms with Gasteiger partial charge in [0, 0.05) is 11.4 Å². The predicted octanol–water partition coefficient (Wildman–Crippen LogP) is 4.57. The number of hydrogen-bond donors (Lipinski definition) is 2. The molecule has 128 valence electrons. The third-order valence-corrected chi connectivity index (χ3v) is 3.81. The topological polar surface area (TPSA) is 50.4 Å². The van der Waals surface area contributed by atoms with Crippen LogP contribution in [0.25, 0.3) is 0 Å². The SMILES string of the molecule is CCOc1ccc(NCC(=O)Nc2c(C)cccc2C(C)C)cc1. The molecule has 0 spiro atoms. The molecule has 2 aromatic rings. The first kappa shape index (κ1) is 17.9. The highest BCUT2D eigenvalue weighted by Gasteiger charge is 2.11. The Labute approximate surface area is 144 Å². The number of anilines is 2. The highest BCUT2D eigenvalue weighted by Crippen LogP contribution is 2.27. The third kappa shape index (κ3) is 4.75. The van der Waals surface area contributed by atoms with Gasteiger partial charge in [-0.1, -0.05) is 32.0 Å². The van der Waals surface area contributed by atoms with Crippen LogP contribution < -0.4 is 15.4 Å². The second-order valence-corrected chi connectivity index (χ2v) is 6.05. The molecular formula is C20H26N2O2. The third-order valence-electron chi connectivity index (χ3n) is 3.81. The van der Waals surface area contributed by atoms with Gasteiger partial charge in [-0.05, 0) is 55.2 Å². The van der Waals surface area contributed by atoms with Crippen LogP contribution in [-0.2, 0) is 4.79 Å². The number of para-hydroxylation sites is 1. The fraction of sp³-hybridized carbons (Fsp3) is 0.350. The molecule has 1 amide bonds. The minimum Gasteiger partial charge on any atom is -0.494 e. The summed E-state index contributed by atoms with van der Waals surface area (Å²) < 4.78 is 5.41. The van der Waals surface area contributed by atoms with Crippen molar-refractivity contribution in [3.05, 3.63) is 53.6 Å². The maximum atomic E-state index is 12.3. The molecular weight excluding hydrogens is 300 g/mol. The predicted molar refractivity (Wildman–Crippen MR) is 100.0 cm³/mol. The smallest absolute Gasteiger partial charge is 0.243 e. The summed E-state index contributed by atoms with van der Waals surface area (Å²) in [5, 5.41) is 6.17. The summed E-state index contributed by atoms with van der Waals surface area (Å²) in [6.45, 7) is 9.09. The maximum absolute atomic E-state index is 12.3. The molecule has 0 aliphatic heterocycles. The maximum Gasteiger partial charge on any atom is 0.243 e. The van der Waals surface area contributed by atoms with Gasteiger partial charge in [-0.15, -0.1) is 0 Å². The highest BCUT2D eigenvalue weighted by molar-refractivity contribution is 5.95. The summed E-state index contributed by atoms with van der Waals surface area (Å²) >= 11 is 0. The van der Waals surface area contributed by atoms with Crippen LogP contribution in [0.15, 0.2) is 42.5 Å². The fourth-order valence-electron chi connectivity index (χ4n) is 2.54. The van der Waals surface area contributed by atoms with Crippen LogP contribution in [0, 0.1) is 6.92 Å². The average molecular weight is 326 g/mol. The van der Waals surface area contributed by atoms with Crippen molar-refractivity contribution in [3.8, 4) is 5.75 Å². The standard InChI is InChI=1S/C20H26N2O2/c1-5-24-17-11-9-16(10-12-17)21-13-19(23)22-20-15(4)7-6-8-18(20)14(2)3/h6-12,14,21H,5,13H2,1-4H3,(H,22,23). The lowest BCUT2D eigenvalue weighted by Gasteiger charge is -2.17. The molecule has 0 aliphatic carbocycles. The Morgan fingerprint density at radius 2 is 1.83 bits per heavy atom. The van der Waals surface area contributed by atoms with E-state index in [0.717, 1.165) is 28.3 Å². The number of aryl methyl sites for hydroxylation is 1. The van der Waals surface area contributed by atoms with Crippen LogP contribution in [0.4, 0.5) is 11.4 Å². The first-order valence-corrected chi connectivity index (χ1v) is 8.37. The van der Waals surface area contributed by atoms with E-state index in [-0.39, 0.29) is 12.5 Å². The number of hydrogen-bond acceptors (Lipinski definition) is 3. The van der Waals surface area contributed by atoms with E-state index >= 15 is 0 Å². The Kier molecular flexibility index (Phi) is 6.24. The van der Waals surface area contributed by atoms with E-state index in [9.17, 15) is 4.79 Å². The van der Waals surface area contributed by atoms with Crippen LogP contribution in [0.5, 0.6) is 5.75 Å². The summed E-state index contributed by atoms with van der Waals surface area (Å²) in [7, 11) is 0. The van der Waals surface area contributed by atoms with Crippen molar-refractivity contribution < 1.29 is 9.53 Å². The Bertz CT molecular complexity index is 679. The Morgan fingerprint density at radius 3 is 2.46 bits per heavy atom. The number of carbonyl (C=O) groups is 1. The second-order valence-electron chi connectivity index (χ2n) is 6.05. The van der Waals surface area contributed by atoms with Crippen LogP contribution in [0.1, 0.15) is 37.8 Å².